The Morgan fingerprint density at radius 3 is 2.68 bits per heavy atom. The van der Waals surface area contributed by atoms with Crippen LogP contribution in [0, 0.1) is 5.92 Å². The van der Waals surface area contributed by atoms with E-state index in [1.807, 2.05) is 19.9 Å². The Hall–Kier alpha value is -1.84. The topological polar surface area (TPSA) is 52.6 Å². The molecular formula is C15H18O4. The summed E-state index contributed by atoms with van der Waals surface area (Å²) < 4.78 is 10.3. The van der Waals surface area contributed by atoms with Gasteiger partial charge in [0.15, 0.2) is 0 Å². The van der Waals surface area contributed by atoms with Crippen molar-refractivity contribution in [1.82, 2.24) is 0 Å². The summed E-state index contributed by atoms with van der Waals surface area (Å²) in [6.45, 7) is 4.06. The van der Waals surface area contributed by atoms with Gasteiger partial charge in [-0.2, -0.15) is 0 Å². The molecule has 0 unspecified atom stereocenters. The van der Waals surface area contributed by atoms with E-state index in [9.17, 15) is 9.59 Å². The van der Waals surface area contributed by atoms with Crippen LogP contribution >= 0.6 is 0 Å². The second-order valence-electron chi connectivity index (χ2n) is 5.16. The number of cyclic esters (lactones) is 1. The van der Waals surface area contributed by atoms with Crippen molar-refractivity contribution in [3.63, 3.8) is 0 Å². The van der Waals surface area contributed by atoms with Crippen molar-refractivity contribution in [2.75, 3.05) is 7.11 Å². The molecule has 1 aromatic carbocycles. The molecule has 2 rings (SSSR count). The van der Waals surface area contributed by atoms with E-state index in [1.165, 1.54) is 7.11 Å². The molecule has 0 N–H and O–H groups in total. The quantitative estimate of drug-likeness (QED) is 0.785. The first-order chi connectivity index (χ1) is 9.04. The zero-order valence-electron chi connectivity index (χ0n) is 11.4. The van der Waals surface area contributed by atoms with Gasteiger partial charge in [-0.05, 0) is 24.0 Å². The Balaban J connectivity index is 2.44. The Morgan fingerprint density at radius 1 is 1.37 bits per heavy atom. The van der Waals surface area contributed by atoms with E-state index in [2.05, 4.69) is 0 Å². The summed E-state index contributed by atoms with van der Waals surface area (Å²) in [5.41, 5.74) is 1.16. The molecule has 0 radical (unpaired) electrons. The predicted octanol–water partition coefficient (Wildman–Crippen LogP) is 2.53. The summed E-state index contributed by atoms with van der Waals surface area (Å²) in [6, 6.07) is 7.06. The lowest BCUT2D eigenvalue weighted by Gasteiger charge is -2.32. The van der Waals surface area contributed by atoms with Crippen LogP contribution < -0.4 is 0 Å². The lowest BCUT2D eigenvalue weighted by molar-refractivity contribution is -0.146. The van der Waals surface area contributed by atoms with Crippen LogP contribution in [-0.2, 0) is 14.3 Å². The van der Waals surface area contributed by atoms with E-state index < -0.39 is 12.0 Å². The van der Waals surface area contributed by atoms with Crippen LogP contribution in [0.15, 0.2) is 24.3 Å². The van der Waals surface area contributed by atoms with Crippen molar-refractivity contribution < 1.29 is 19.1 Å². The summed E-state index contributed by atoms with van der Waals surface area (Å²) in [6.07, 6.45) is 0.190. The molecule has 1 aromatic rings. The molecule has 4 nitrogen and oxygen atoms in total. The Morgan fingerprint density at radius 2 is 2.05 bits per heavy atom. The van der Waals surface area contributed by atoms with E-state index in [0.717, 1.165) is 0 Å². The normalized spacial score (nSPS) is 21.8. The van der Waals surface area contributed by atoms with Gasteiger partial charge >= 0.3 is 11.9 Å². The molecule has 1 heterocycles. The molecule has 0 spiro atoms. The lowest BCUT2D eigenvalue weighted by atomic mass is 9.84. The van der Waals surface area contributed by atoms with Crippen LogP contribution in [0.2, 0.25) is 0 Å². The zero-order chi connectivity index (χ0) is 14.0. The summed E-state index contributed by atoms with van der Waals surface area (Å²) in [4.78, 5) is 24.0. The van der Waals surface area contributed by atoms with E-state index in [4.69, 9.17) is 9.47 Å². The molecule has 4 heteroatoms. The summed E-state index contributed by atoms with van der Waals surface area (Å²) in [5.74, 6) is -0.913. The highest BCUT2D eigenvalue weighted by molar-refractivity contribution is 5.96. The van der Waals surface area contributed by atoms with Crippen LogP contribution in [0.1, 0.15) is 42.1 Å². The van der Waals surface area contributed by atoms with E-state index in [-0.39, 0.29) is 11.9 Å². The van der Waals surface area contributed by atoms with Gasteiger partial charge in [-0.25, -0.2) is 4.79 Å². The standard InChI is InChI=1S/C15H18O4/c1-9(2)8-12-13(15(17)18-3)10-6-4-5-7-11(10)14(16)19-12/h4-7,9,12-13H,8H2,1-3H3/t12-,13+/m0/s1. The number of carbonyl (C=O) groups excluding carboxylic acids is 2. The number of benzene rings is 1. The fourth-order valence-electron chi connectivity index (χ4n) is 2.48. The average molecular weight is 262 g/mol. The molecule has 1 aliphatic heterocycles. The lowest BCUT2D eigenvalue weighted by Crippen LogP contribution is -2.38. The highest BCUT2D eigenvalue weighted by Gasteiger charge is 2.40. The second-order valence-corrected chi connectivity index (χ2v) is 5.16. The minimum Gasteiger partial charge on any atom is -0.468 e. The predicted molar refractivity (Wildman–Crippen MR) is 69.9 cm³/mol. The number of hydrogen-bond donors (Lipinski definition) is 0. The molecule has 0 fully saturated rings. The largest absolute Gasteiger partial charge is 0.468 e. The molecule has 0 amide bonds. The fraction of sp³-hybridized carbons (Fsp3) is 0.467. The first-order valence-electron chi connectivity index (χ1n) is 6.42. The van der Waals surface area contributed by atoms with Gasteiger partial charge in [0.1, 0.15) is 12.0 Å². The van der Waals surface area contributed by atoms with Gasteiger partial charge in [0.25, 0.3) is 0 Å². The monoisotopic (exact) mass is 262 g/mol. The van der Waals surface area contributed by atoms with Crippen LogP contribution in [-0.4, -0.2) is 25.2 Å². The molecule has 102 valence electrons. The Bertz CT molecular complexity index is 493. The maximum absolute atomic E-state index is 12.0. The zero-order valence-corrected chi connectivity index (χ0v) is 11.4. The number of esters is 2. The summed E-state index contributed by atoms with van der Waals surface area (Å²) in [7, 11) is 1.35. The minimum atomic E-state index is -0.527. The van der Waals surface area contributed by atoms with Crippen molar-refractivity contribution in [3.8, 4) is 0 Å². The highest BCUT2D eigenvalue weighted by atomic mass is 16.6. The SMILES string of the molecule is COC(=O)[C@@H]1c2ccccc2C(=O)O[C@H]1CC(C)C. The van der Waals surface area contributed by atoms with Gasteiger partial charge in [-0.15, -0.1) is 0 Å². The van der Waals surface area contributed by atoms with Crippen molar-refractivity contribution >= 4 is 11.9 Å². The highest BCUT2D eigenvalue weighted by Crippen LogP contribution is 2.35. The van der Waals surface area contributed by atoms with Crippen molar-refractivity contribution in [1.29, 1.82) is 0 Å². The Labute approximate surface area is 112 Å². The van der Waals surface area contributed by atoms with Gasteiger partial charge in [-0.3, -0.25) is 4.79 Å². The van der Waals surface area contributed by atoms with Crippen molar-refractivity contribution in [2.24, 2.45) is 5.92 Å². The van der Waals surface area contributed by atoms with Crippen molar-refractivity contribution in [3.05, 3.63) is 35.4 Å². The van der Waals surface area contributed by atoms with E-state index >= 15 is 0 Å². The first kappa shape index (κ1) is 13.6. The van der Waals surface area contributed by atoms with Crippen LogP contribution in [0.4, 0.5) is 0 Å². The molecule has 0 aromatic heterocycles. The number of carbonyl (C=O) groups is 2. The Kier molecular flexibility index (Phi) is 3.88. The first-order valence-corrected chi connectivity index (χ1v) is 6.42. The molecule has 0 aliphatic carbocycles. The van der Waals surface area contributed by atoms with Crippen LogP contribution in [0.25, 0.3) is 0 Å². The molecule has 0 saturated heterocycles. The number of methoxy groups -OCH3 is 1. The van der Waals surface area contributed by atoms with E-state index in [0.29, 0.717) is 23.5 Å². The number of ether oxygens (including phenoxy) is 2. The molecule has 2 atom stereocenters. The third-order valence-electron chi connectivity index (χ3n) is 3.30. The third kappa shape index (κ3) is 2.62. The number of rotatable bonds is 3. The minimum absolute atomic E-state index is 0.329. The van der Waals surface area contributed by atoms with Crippen LogP contribution in [0.5, 0.6) is 0 Å². The van der Waals surface area contributed by atoms with Crippen molar-refractivity contribution in [2.45, 2.75) is 32.3 Å². The number of fused-ring (bicyclic) bond motifs is 1. The molecule has 0 bridgehead atoms. The van der Waals surface area contributed by atoms with Gasteiger partial charge in [-0.1, -0.05) is 32.0 Å². The molecule has 0 saturated carbocycles. The maximum Gasteiger partial charge on any atom is 0.338 e. The van der Waals surface area contributed by atoms with E-state index in [1.54, 1.807) is 18.2 Å². The smallest absolute Gasteiger partial charge is 0.338 e. The molecule has 19 heavy (non-hydrogen) atoms. The maximum atomic E-state index is 12.0. The van der Waals surface area contributed by atoms with Crippen LogP contribution in [0.3, 0.4) is 0 Å². The summed E-state index contributed by atoms with van der Waals surface area (Å²) in [5, 5.41) is 0. The van der Waals surface area contributed by atoms with Gasteiger partial charge in [0, 0.05) is 0 Å². The summed E-state index contributed by atoms with van der Waals surface area (Å²) >= 11 is 0. The average Bonchev–Trinajstić information content (AvgIpc) is 2.38. The second kappa shape index (κ2) is 5.43. The number of hydrogen-bond acceptors (Lipinski definition) is 4. The van der Waals surface area contributed by atoms with Gasteiger partial charge < -0.3 is 9.47 Å². The third-order valence-corrected chi connectivity index (χ3v) is 3.30. The van der Waals surface area contributed by atoms with Gasteiger partial charge in [0.05, 0.1) is 12.7 Å². The molecule has 1 aliphatic rings. The fourth-order valence-corrected chi connectivity index (χ4v) is 2.48. The van der Waals surface area contributed by atoms with Gasteiger partial charge in [0.2, 0.25) is 0 Å². The molecular weight excluding hydrogens is 244 g/mol.